The molecule has 1 N–H and O–H groups in total. The van der Waals surface area contributed by atoms with Crippen molar-refractivity contribution in [2.24, 2.45) is 34.2 Å². The molecule has 0 heterocycles. The second-order valence-electron chi connectivity index (χ2n) is 10.3. The fraction of sp³-hybridized carbons (Fsp3) is 0.625. The lowest BCUT2D eigenvalue weighted by Crippen LogP contribution is -2.47. The van der Waals surface area contributed by atoms with Gasteiger partial charge in [-0.25, -0.2) is 0 Å². The number of non-ortho nitro benzene ring substituents is 1. The van der Waals surface area contributed by atoms with Gasteiger partial charge in [0.1, 0.15) is 0 Å². The molecule has 176 valence electrons. The Hall–Kier alpha value is -2.81. The summed E-state index contributed by atoms with van der Waals surface area (Å²) in [4.78, 5) is 26.3. The lowest BCUT2D eigenvalue weighted by Gasteiger charge is -2.53. The van der Waals surface area contributed by atoms with Crippen molar-refractivity contribution in [3.8, 4) is 5.75 Å². The first kappa shape index (κ1) is 22.0. The zero-order chi connectivity index (χ0) is 23.3. The summed E-state index contributed by atoms with van der Waals surface area (Å²) in [6.45, 7) is 2.29. The number of hydrogen-bond donors (Lipinski definition) is 1. The first-order valence-electron chi connectivity index (χ1n) is 11.8. The molecule has 0 aliphatic heterocycles. The Kier molecular flexibility index (Phi) is 5.47. The molecule has 9 nitrogen and oxygen atoms in total. The van der Waals surface area contributed by atoms with Crippen molar-refractivity contribution in [3.63, 3.8) is 0 Å². The number of aliphatic hydroxyl groups is 1. The van der Waals surface area contributed by atoms with Crippen LogP contribution in [0, 0.1) is 49.3 Å². The van der Waals surface area contributed by atoms with Crippen LogP contribution in [0.4, 0.5) is 11.4 Å². The topological polar surface area (TPSA) is 128 Å². The minimum absolute atomic E-state index is 0.0803. The third-order valence-electron chi connectivity index (χ3n) is 8.88. The van der Waals surface area contributed by atoms with E-state index >= 15 is 0 Å². The molecular weight excluding hydrogens is 426 g/mol. The number of nitro benzene ring substituents is 2. The maximum absolute atomic E-state index is 11.3. The van der Waals surface area contributed by atoms with Crippen LogP contribution in [0.15, 0.2) is 35.0 Å². The average Bonchev–Trinajstić information content (AvgIpc) is 3.11. The van der Waals surface area contributed by atoms with Gasteiger partial charge in [-0.1, -0.05) is 17.7 Å². The molecule has 0 bridgehead atoms. The zero-order valence-electron chi connectivity index (χ0n) is 18.7. The van der Waals surface area contributed by atoms with Gasteiger partial charge >= 0.3 is 5.69 Å². The van der Waals surface area contributed by atoms with E-state index in [0.717, 1.165) is 63.1 Å². The van der Waals surface area contributed by atoms with Gasteiger partial charge in [0.05, 0.1) is 27.7 Å². The highest BCUT2D eigenvalue weighted by atomic mass is 16.7. The number of hydrogen-bond acceptors (Lipinski definition) is 7. The Morgan fingerprint density at radius 3 is 2.64 bits per heavy atom. The van der Waals surface area contributed by atoms with Gasteiger partial charge in [-0.2, -0.15) is 0 Å². The fourth-order valence-electron chi connectivity index (χ4n) is 7.19. The van der Waals surface area contributed by atoms with Gasteiger partial charge in [0.15, 0.2) is 0 Å². The largest absolute Gasteiger partial charge is 0.393 e. The lowest BCUT2D eigenvalue weighted by atomic mass is 9.52. The van der Waals surface area contributed by atoms with Crippen molar-refractivity contribution in [2.45, 2.75) is 64.4 Å². The Morgan fingerprint density at radius 2 is 1.88 bits per heavy atom. The quantitative estimate of drug-likeness (QED) is 0.492. The Labute approximate surface area is 191 Å². The number of nitro groups is 2. The number of allylic oxidation sites excluding steroid dienone is 2. The lowest BCUT2D eigenvalue weighted by molar-refractivity contribution is -0.394. The van der Waals surface area contributed by atoms with Gasteiger partial charge in [-0.15, -0.1) is 0 Å². The molecule has 1 aromatic rings. The van der Waals surface area contributed by atoms with Gasteiger partial charge < -0.3 is 9.94 Å². The van der Waals surface area contributed by atoms with E-state index < -0.39 is 15.5 Å². The van der Waals surface area contributed by atoms with E-state index in [1.807, 2.05) is 0 Å². The molecule has 5 unspecified atom stereocenters. The van der Waals surface area contributed by atoms with E-state index in [2.05, 4.69) is 18.2 Å². The smallest absolute Gasteiger partial charge is 0.321 e. The molecule has 3 saturated carbocycles. The second-order valence-corrected chi connectivity index (χ2v) is 10.3. The first-order chi connectivity index (χ1) is 15.8. The molecule has 0 aromatic heterocycles. The van der Waals surface area contributed by atoms with E-state index in [9.17, 15) is 25.3 Å². The van der Waals surface area contributed by atoms with Crippen molar-refractivity contribution in [2.75, 3.05) is 0 Å². The van der Waals surface area contributed by atoms with Crippen LogP contribution >= 0.6 is 0 Å². The Morgan fingerprint density at radius 1 is 1.06 bits per heavy atom. The predicted molar refractivity (Wildman–Crippen MR) is 121 cm³/mol. The number of rotatable bonds is 4. The van der Waals surface area contributed by atoms with Crippen LogP contribution in [-0.2, 0) is 0 Å². The number of benzene rings is 1. The Balaban J connectivity index is 1.32. The van der Waals surface area contributed by atoms with E-state index in [1.54, 1.807) is 0 Å². The molecule has 6 atom stereocenters. The van der Waals surface area contributed by atoms with Crippen molar-refractivity contribution in [3.05, 3.63) is 50.1 Å². The average molecular weight is 456 g/mol. The van der Waals surface area contributed by atoms with E-state index in [1.165, 1.54) is 17.7 Å². The molecule has 4 aliphatic carbocycles. The summed E-state index contributed by atoms with van der Waals surface area (Å²) in [5.74, 6) is 2.40. The second kappa shape index (κ2) is 8.20. The highest BCUT2D eigenvalue weighted by Crippen LogP contribution is 2.61. The molecule has 0 radical (unpaired) electrons. The van der Waals surface area contributed by atoms with Crippen molar-refractivity contribution >= 4 is 17.1 Å². The summed E-state index contributed by atoms with van der Waals surface area (Å²) in [6.07, 6.45) is 10.1. The third kappa shape index (κ3) is 3.72. The van der Waals surface area contributed by atoms with Crippen LogP contribution in [0.2, 0.25) is 0 Å². The fourth-order valence-corrected chi connectivity index (χ4v) is 7.19. The summed E-state index contributed by atoms with van der Waals surface area (Å²) in [6, 6.07) is 3.29. The summed E-state index contributed by atoms with van der Waals surface area (Å²) >= 11 is 0. The predicted octanol–water partition coefficient (Wildman–Crippen LogP) is 5.17. The minimum Gasteiger partial charge on any atom is -0.393 e. The molecule has 9 heteroatoms. The van der Waals surface area contributed by atoms with Crippen molar-refractivity contribution in [1.29, 1.82) is 0 Å². The molecule has 0 spiro atoms. The summed E-state index contributed by atoms with van der Waals surface area (Å²) < 4.78 is 0. The SMILES string of the molecule is CC12CCC3C4CC/C(=N\Oc5ccc([N+](=O)[O-])cc5[N+](=O)[O-])C=C4CCC3C1CC[C@@H]2O. The molecule has 1 aromatic carbocycles. The van der Waals surface area contributed by atoms with Crippen LogP contribution in [0.3, 0.4) is 0 Å². The standard InChI is InChI=1S/C24H29N3O6/c1-24-11-10-18-17-6-3-15(12-14(17)2-5-19(18)20(24)7-9-23(24)28)25-33-22-8-4-16(26(29)30)13-21(22)27(31)32/h4,8,12-13,17-20,23,28H,2-3,5-7,9-11H2,1H3/b25-15+/t17?,18?,19?,20?,23-,24?/m0/s1. The van der Waals surface area contributed by atoms with Crippen LogP contribution < -0.4 is 4.84 Å². The van der Waals surface area contributed by atoms with Gasteiger partial charge in [0.2, 0.25) is 5.75 Å². The summed E-state index contributed by atoms with van der Waals surface area (Å²) in [5.41, 5.74) is 1.39. The number of aliphatic hydroxyl groups excluding tert-OH is 1. The maximum atomic E-state index is 11.3. The van der Waals surface area contributed by atoms with Crippen LogP contribution in [0.1, 0.15) is 58.3 Å². The number of fused-ring (bicyclic) bond motifs is 5. The highest BCUT2D eigenvalue weighted by Gasteiger charge is 2.55. The van der Waals surface area contributed by atoms with Crippen molar-refractivity contribution < 1.29 is 19.8 Å². The zero-order valence-corrected chi connectivity index (χ0v) is 18.7. The minimum atomic E-state index is -0.698. The van der Waals surface area contributed by atoms with Crippen LogP contribution in [-0.4, -0.2) is 26.8 Å². The molecule has 3 fully saturated rings. The molecule has 0 saturated heterocycles. The van der Waals surface area contributed by atoms with Gasteiger partial charge in [0, 0.05) is 6.07 Å². The molecule has 4 aliphatic rings. The molecule has 5 rings (SSSR count). The van der Waals surface area contributed by atoms with E-state index in [4.69, 9.17) is 4.84 Å². The van der Waals surface area contributed by atoms with Crippen LogP contribution in [0.5, 0.6) is 5.75 Å². The number of nitrogens with zero attached hydrogens (tertiary/aromatic N) is 3. The molecule has 33 heavy (non-hydrogen) atoms. The normalized spacial score (nSPS) is 36.4. The number of oxime groups is 1. The third-order valence-corrected chi connectivity index (χ3v) is 8.88. The highest BCUT2D eigenvalue weighted by molar-refractivity contribution is 5.96. The van der Waals surface area contributed by atoms with Crippen molar-refractivity contribution in [1.82, 2.24) is 0 Å². The van der Waals surface area contributed by atoms with Crippen LogP contribution in [0.25, 0.3) is 0 Å². The monoisotopic (exact) mass is 455 g/mol. The van der Waals surface area contributed by atoms with Gasteiger partial charge in [-0.05, 0) is 92.6 Å². The summed E-state index contributed by atoms with van der Waals surface area (Å²) in [7, 11) is 0. The van der Waals surface area contributed by atoms with E-state index in [-0.39, 0.29) is 23.0 Å². The summed E-state index contributed by atoms with van der Waals surface area (Å²) in [5, 5.41) is 37.0. The van der Waals surface area contributed by atoms with Gasteiger partial charge in [-0.3, -0.25) is 20.2 Å². The maximum Gasteiger partial charge on any atom is 0.321 e. The molecule has 0 amide bonds. The van der Waals surface area contributed by atoms with E-state index in [0.29, 0.717) is 23.7 Å². The first-order valence-corrected chi connectivity index (χ1v) is 11.8. The molecular formula is C24H29N3O6. The van der Waals surface area contributed by atoms with Gasteiger partial charge in [0.25, 0.3) is 5.69 Å². The Bertz CT molecular complexity index is 1050.